The Morgan fingerprint density at radius 1 is 0.852 bits per heavy atom. The van der Waals surface area contributed by atoms with Gasteiger partial charge >= 0.3 is 0 Å². The Balaban J connectivity index is 1.59. The molecule has 2 N–H and O–H groups in total. The van der Waals surface area contributed by atoms with Crippen molar-refractivity contribution in [1.82, 2.24) is 10.3 Å². The molecular weight excluding hydrogens is 362 g/mol. The summed E-state index contributed by atoms with van der Waals surface area (Å²) >= 11 is 5.95. The third kappa shape index (κ3) is 5.39. The summed E-state index contributed by atoms with van der Waals surface area (Å²) in [7, 11) is 0. The summed E-state index contributed by atoms with van der Waals surface area (Å²) < 4.78 is 0. The van der Waals surface area contributed by atoms with Crippen LogP contribution in [0.15, 0.2) is 72.8 Å². The molecule has 0 atom stereocenters. The molecule has 0 saturated heterocycles. The van der Waals surface area contributed by atoms with Gasteiger partial charge < -0.3 is 10.6 Å². The number of para-hydroxylation sites is 1. The van der Waals surface area contributed by atoms with E-state index >= 15 is 0 Å². The molecule has 3 rings (SSSR count). The number of amides is 2. The maximum absolute atomic E-state index is 12.3. The van der Waals surface area contributed by atoms with Crippen molar-refractivity contribution in [3.05, 3.63) is 94.8 Å². The molecule has 0 aliphatic carbocycles. The second-order valence-electron chi connectivity index (χ2n) is 5.86. The van der Waals surface area contributed by atoms with E-state index in [-0.39, 0.29) is 23.2 Å². The van der Waals surface area contributed by atoms with Crippen molar-refractivity contribution < 1.29 is 9.59 Å². The molecule has 0 radical (unpaired) electrons. The SMILES string of the molecule is O=C(NCCc1cccc(Cl)c1)c1cccc(C(=O)Nc2ccccc2)n1. The van der Waals surface area contributed by atoms with E-state index in [0.29, 0.717) is 23.7 Å². The molecule has 0 aliphatic heterocycles. The first-order valence-corrected chi connectivity index (χ1v) is 8.86. The number of nitrogens with zero attached hydrogens (tertiary/aromatic N) is 1. The lowest BCUT2D eigenvalue weighted by Gasteiger charge is -2.07. The van der Waals surface area contributed by atoms with Gasteiger partial charge in [0, 0.05) is 17.3 Å². The lowest BCUT2D eigenvalue weighted by atomic mass is 10.1. The first-order chi connectivity index (χ1) is 13.1. The van der Waals surface area contributed by atoms with Crippen LogP contribution in [0.25, 0.3) is 0 Å². The maximum Gasteiger partial charge on any atom is 0.274 e. The quantitative estimate of drug-likeness (QED) is 0.681. The summed E-state index contributed by atoms with van der Waals surface area (Å²) in [6.45, 7) is 0.446. The molecule has 5 nitrogen and oxygen atoms in total. The highest BCUT2D eigenvalue weighted by atomic mass is 35.5. The minimum atomic E-state index is -0.366. The highest BCUT2D eigenvalue weighted by Gasteiger charge is 2.12. The number of carbonyl (C=O) groups is 2. The van der Waals surface area contributed by atoms with Crippen molar-refractivity contribution in [3.63, 3.8) is 0 Å². The number of benzene rings is 2. The van der Waals surface area contributed by atoms with Gasteiger partial charge in [-0.3, -0.25) is 9.59 Å². The lowest BCUT2D eigenvalue weighted by Crippen LogP contribution is -2.27. The van der Waals surface area contributed by atoms with Gasteiger partial charge in [0.25, 0.3) is 11.8 Å². The fourth-order valence-corrected chi connectivity index (χ4v) is 2.72. The Morgan fingerprint density at radius 2 is 1.56 bits per heavy atom. The van der Waals surface area contributed by atoms with Crippen LogP contribution in [0, 0.1) is 0 Å². The van der Waals surface area contributed by atoms with E-state index in [2.05, 4.69) is 15.6 Å². The molecule has 3 aromatic rings. The van der Waals surface area contributed by atoms with Crippen LogP contribution in [0.4, 0.5) is 5.69 Å². The van der Waals surface area contributed by atoms with Crippen molar-refractivity contribution in [2.24, 2.45) is 0 Å². The summed E-state index contributed by atoms with van der Waals surface area (Å²) in [6, 6.07) is 21.4. The molecule has 0 saturated carbocycles. The van der Waals surface area contributed by atoms with Crippen molar-refractivity contribution in [2.45, 2.75) is 6.42 Å². The summed E-state index contributed by atoms with van der Waals surface area (Å²) in [5.41, 5.74) is 2.08. The highest BCUT2D eigenvalue weighted by molar-refractivity contribution is 6.30. The number of aromatic nitrogens is 1. The Labute approximate surface area is 162 Å². The van der Waals surface area contributed by atoms with Gasteiger partial charge in [-0.1, -0.05) is 48.0 Å². The number of rotatable bonds is 6. The molecule has 0 bridgehead atoms. The second kappa shape index (κ2) is 8.96. The average Bonchev–Trinajstić information content (AvgIpc) is 2.69. The molecule has 2 aromatic carbocycles. The zero-order valence-corrected chi connectivity index (χ0v) is 15.2. The average molecular weight is 380 g/mol. The molecule has 0 aliphatic rings. The minimum absolute atomic E-state index is 0.182. The molecule has 136 valence electrons. The fourth-order valence-electron chi connectivity index (χ4n) is 2.51. The number of pyridine rings is 1. The van der Waals surface area contributed by atoms with Crippen molar-refractivity contribution in [1.29, 1.82) is 0 Å². The van der Waals surface area contributed by atoms with E-state index in [0.717, 1.165) is 5.56 Å². The predicted molar refractivity (Wildman–Crippen MR) is 106 cm³/mol. The highest BCUT2D eigenvalue weighted by Crippen LogP contribution is 2.11. The summed E-state index contributed by atoms with van der Waals surface area (Å²) in [5.74, 6) is -0.693. The molecule has 1 heterocycles. The van der Waals surface area contributed by atoms with Gasteiger partial charge in [0.05, 0.1) is 0 Å². The largest absolute Gasteiger partial charge is 0.350 e. The van der Waals surface area contributed by atoms with Crippen LogP contribution in [0.5, 0.6) is 0 Å². The molecule has 27 heavy (non-hydrogen) atoms. The number of anilines is 1. The third-order valence-corrected chi connectivity index (χ3v) is 4.07. The number of hydrogen-bond acceptors (Lipinski definition) is 3. The van der Waals surface area contributed by atoms with Crippen LogP contribution in [-0.2, 0) is 6.42 Å². The van der Waals surface area contributed by atoms with Crippen LogP contribution >= 0.6 is 11.6 Å². The van der Waals surface area contributed by atoms with E-state index in [1.807, 2.05) is 36.4 Å². The van der Waals surface area contributed by atoms with Crippen molar-refractivity contribution >= 4 is 29.1 Å². The molecule has 1 aromatic heterocycles. The summed E-state index contributed by atoms with van der Waals surface area (Å²) in [6.07, 6.45) is 0.653. The smallest absolute Gasteiger partial charge is 0.274 e. The second-order valence-corrected chi connectivity index (χ2v) is 6.30. The van der Waals surface area contributed by atoms with Gasteiger partial charge in [-0.2, -0.15) is 0 Å². The zero-order valence-electron chi connectivity index (χ0n) is 14.5. The van der Waals surface area contributed by atoms with Gasteiger partial charge in [0.15, 0.2) is 0 Å². The Kier molecular flexibility index (Phi) is 6.18. The normalized spacial score (nSPS) is 10.3. The van der Waals surface area contributed by atoms with Gasteiger partial charge in [-0.25, -0.2) is 4.98 Å². The molecule has 0 unspecified atom stereocenters. The number of nitrogens with one attached hydrogen (secondary N) is 2. The van der Waals surface area contributed by atoms with E-state index in [1.54, 1.807) is 36.4 Å². The van der Waals surface area contributed by atoms with Crippen LogP contribution in [-0.4, -0.2) is 23.3 Å². The van der Waals surface area contributed by atoms with E-state index in [4.69, 9.17) is 11.6 Å². The monoisotopic (exact) mass is 379 g/mol. The van der Waals surface area contributed by atoms with Gasteiger partial charge in [-0.05, 0) is 48.4 Å². The van der Waals surface area contributed by atoms with Crippen molar-refractivity contribution in [2.75, 3.05) is 11.9 Å². The van der Waals surface area contributed by atoms with Crippen molar-refractivity contribution in [3.8, 4) is 0 Å². The molecular formula is C21H18ClN3O2. The van der Waals surface area contributed by atoms with Crippen LogP contribution < -0.4 is 10.6 Å². The predicted octanol–water partition coefficient (Wildman–Crippen LogP) is 3.96. The Hall–Kier alpha value is -3.18. The van der Waals surface area contributed by atoms with Gasteiger partial charge in [0.2, 0.25) is 0 Å². The van der Waals surface area contributed by atoms with Gasteiger partial charge in [0.1, 0.15) is 11.4 Å². The maximum atomic E-state index is 12.3. The van der Waals surface area contributed by atoms with Crippen LogP contribution in [0.1, 0.15) is 26.5 Å². The van der Waals surface area contributed by atoms with E-state index < -0.39 is 0 Å². The summed E-state index contributed by atoms with van der Waals surface area (Å²) in [5, 5.41) is 6.22. The van der Waals surface area contributed by atoms with E-state index in [1.165, 1.54) is 0 Å². The molecule has 2 amide bonds. The first kappa shape index (κ1) is 18.6. The number of hydrogen-bond donors (Lipinski definition) is 2. The van der Waals surface area contributed by atoms with Crippen LogP contribution in [0.2, 0.25) is 5.02 Å². The lowest BCUT2D eigenvalue weighted by molar-refractivity contribution is 0.0949. The molecule has 0 fully saturated rings. The summed E-state index contributed by atoms with van der Waals surface area (Å²) in [4.78, 5) is 28.8. The van der Waals surface area contributed by atoms with E-state index in [9.17, 15) is 9.59 Å². The molecule has 6 heteroatoms. The standard InChI is InChI=1S/C21H18ClN3O2/c22-16-7-4-6-15(14-16)12-13-23-20(26)18-10-5-11-19(25-18)21(27)24-17-8-2-1-3-9-17/h1-11,14H,12-13H2,(H,23,26)(H,24,27). The Bertz CT molecular complexity index is 945. The number of carbonyl (C=O) groups excluding carboxylic acids is 2. The topological polar surface area (TPSA) is 71.1 Å². The zero-order chi connectivity index (χ0) is 19.1. The van der Waals surface area contributed by atoms with Gasteiger partial charge in [-0.15, -0.1) is 0 Å². The molecule has 0 spiro atoms. The fraction of sp³-hybridized carbons (Fsp3) is 0.0952. The van der Waals surface area contributed by atoms with Crippen LogP contribution in [0.3, 0.4) is 0 Å². The minimum Gasteiger partial charge on any atom is -0.350 e. The number of halogens is 1. The first-order valence-electron chi connectivity index (χ1n) is 8.48. The third-order valence-electron chi connectivity index (χ3n) is 3.83. The Morgan fingerprint density at radius 3 is 2.30 bits per heavy atom.